The fourth-order valence-electron chi connectivity index (χ4n) is 11.5. The number of Topliss-reactive ketones (excluding diaryl/α,β-unsaturated/α-hetero) is 1. The third-order valence-corrected chi connectivity index (χ3v) is 13.3. The Balaban J connectivity index is 1.28. The number of ether oxygens (including phenoxy) is 1. The number of carbonyl (C=O) groups is 1. The van der Waals surface area contributed by atoms with E-state index < -0.39 is 0 Å². The molecule has 4 aliphatic carbocycles. The molecular weight excluding hydrogens is 432 g/mol. The van der Waals surface area contributed by atoms with Gasteiger partial charge in [0.05, 0.1) is 45.3 Å². The molecule has 0 N–H and O–H groups in total. The summed E-state index contributed by atoms with van der Waals surface area (Å²) < 4.78 is 6.88. The van der Waals surface area contributed by atoms with Crippen LogP contribution in [0.4, 0.5) is 0 Å². The van der Waals surface area contributed by atoms with E-state index in [1.54, 1.807) is 0 Å². The summed E-state index contributed by atoms with van der Waals surface area (Å²) in [4.78, 5) is 16.1. The second kappa shape index (κ2) is 9.09. The minimum atomic E-state index is 0.234. The average Bonchev–Trinajstić information content (AvgIpc) is 3.19. The van der Waals surface area contributed by atoms with Crippen molar-refractivity contribution in [1.29, 1.82) is 0 Å². The molecular formula is C31H53N2O2+. The van der Waals surface area contributed by atoms with Crippen molar-refractivity contribution in [3.05, 3.63) is 0 Å². The van der Waals surface area contributed by atoms with E-state index in [0.29, 0.717) is 17.2 Å². The monoisotopic (exact) mass is 485 g/mol. The van der Waals surface area contributed by atoms with Crippen LogP contribution in [0.2, 0.25) is 0 Å². The van der Waals surface area contributed by atoms with Crippen LogP contribution in [0.3, 0.4) is 0 Å². The number of hydrogen-bond acceptors (Lipinski definition) is 3. The number of nitrogens with zero attached hydrogens (tertiary/aromatic N) is 2. The quantitative estimate of drug-likeness (QED) is 0.491. The predicted molar refractivity (Wildman–Crippen MR) is 141 cm³/mol. The van der Waals surface area contributed by atoms with Gasteiger partial charge in [-0.15, -0.1) is 0 Å². The van der Waals surface area contributed by atoms with Crippen LogP contribution >= 0.6 is 0 Å². The van der Waals surface area contributed by atoms with Crippen molar-refractivity contribution >= 4 is 5.78 Å². The van der Waals surface area contributed by atoms with E-state index in [1.807, 2.05) is 6.92 Å². The molecule has 35 heavy (non-hydrogen) atoms. The largest absolute Gasteiger partial charge is 0.379 e. The Bertz CT molecular complexity index is 802. The number of hydrogen-bond donors (Lipinski definition) is 0. The van der Waals surface area contributed by atoms with Gasteiger partial charge < -0.3 is 9.22 Å². The van der Waals surface area contributed by atoms with Gasteiger partial charge >= 0.3 is 0 Å². The molecule has 4 nitrogen and oxygen atoms in total. The van der Waals surface area contributed by atoms with Crippen LogP contribution < -0.4 is 0 Å². The summed E-state index contributed by atoms with van der Waals surface area (Å²) in [6.45, 7) is 14.0. The Labute approximate surface area is 215 Å². The standard InChI is InChI=1S/C31H53N2O2/c1-22(34)29-28(33(4)16-6-5-7-17-33)20-27-25-11-9-23-8-10-24(32-14-18-35-19-15-32)21-31(23,3)26(25)12-13-30(27,29)2/h23-29H,5-21H2,1-4H3/q+1/t23-,24-,25-,26+,27+,28+,29+,30+,31+/m1/s1. The van der Waals surface area contributed by atoms with Crippen LogP contribution in [-0.2, 0) is 9.53 Å². The van der Waals surface area contributed by atoms with Gasteiger partial charge in [0.15, 0.2) is 0 Å². The van der Waals surface area contributed by atoms with Gasteiger partial charge in [0.1, 0.15) is 5.78 Å². The summed E-state index contributed by atoms with van der Waals surface area (Å²) in [7, 11) is 2.52. The first-order valence-corrected chi connectivity index (χ1v) is 15.4. The maximum Gasteiger partial charge on any atom is 0.139 e. The zero-order chi connectivity index (χ0) is 24.4. The first-order valence-electron chi connectivity index (χ1n) is 15.4. The van der Waals surface area contributed by atoms with Crippen molar-refractivity contribution in [2.75, 3.05) is 46.4 Å². The van der Waals surface area contributed by atoms with E-state index in [1.165, 1.54) is 88.2 Å². The minimum absolute atomic E-state index is 0.234. The summed E-state index contributed by atoms with van der Waals surface area (Å²) >= 11 is 0. The van der Waals surface area contributed by atoms with Gasteiger partial charge in [-0.05, 0) is 106 Å². The van der Waals surface area contributed by atoms with Gasteiger partial charge in [-0.1, -0.05) is 13.8 Å². The number of carbonyl (C=O) groups excluding carboxylic acids is 1. The Morgan fingerprint density at radius 3 is 2.34 bits per heavy atom. The van der Waals surface area contributed by atoms with E-state index in [9.17, 15) is 4.79 Å². The van der Waals surface area contributed by atoms with E-state index in [-0.39, 0.29) is 11.3 Å². The van der Waals surface area contributed by atoms with Crippen LogP contribution in [0.5, 0.6) is 0 Å². The normalized spacial score (nSPS) is 50.1. The fraction of sp³-hybridized carbons (Fsp3) is 0.968. The van der Waals surface area contributed by atoms with Gasteiger partial charge in [0.25, 0.3) is 0 Å². The van der Waals surface area contributed by atoms with Crippen molar-refractivity contribution in [1.82, 2.24) is 4.90 Å². The molecule has 0 radical (unpaired) electrons. The fourth-order valence-corrected chi connectivity index (χ4v) is 11.5. The zero-order valence-corrected chi connectivity index (χ0v) is 23.3. The molecule has 2 saturated heterocycles. The Morgan fingerprint density at radius 1 is 0.914 bits per heavy atom. The SMILES string of the molecule is CC(=O)[C@H]1[C@@H]([N+]2(C)CCCCC2)C[C@H]2[C@@H]3CC[C@H]4CC[C@@H](N5CCOCC5)C[C@]4(C)[C@H]3CC[C@@]21C. The van der Waals surface area contributed by atoms with E-state index in [0.717, 1.165) is 56.0 Å². The molecule has 0 aromatic carbocycles. The van der Waals surface area contributed by atoms with Crippen LogP contribution in [0.15, 0.2) is 0 Å². The smallest absolute Gasteiger partial charge is 0.139 e. The molecule has 6 fully saturated rings. The molecule has 2 aliphatic heterocycles. The lowest BCUT2D eigenvalue weighted by molar-refractivity contribution is -0.939. The number of ketones is 1. The first kappa shape index (κ1) is 24.9. The van der Waals surface area contributed by atoms with Gasteiger partial charge in [-0.3, -0.25) is 9.69 Å². The lowest BCUT2D eigenvalue weighted by Crippen LogP contribution is -2.59. The van der Waals surface area contributed by atoms with Crippen molar-refractivity contribution in [3.8, 4) is 0 Å². The summed E-state index contributed by atoms with van der Waals surface area (Å²) in [5, 5.41) is 0. The molecule has 6 rings (SSSR count). The van der Waals surface area contributed by atoms with Gasteiger partial charge in [-0.25, -0.2) is 0 Å². The van der Waals surface area contributed by atoms with Gasteiger partial charge in [-0.2, -0.15) is 0 Å². The molecule has 0 unspecified atom stereocenters. The first-order chi connectivity index (χ1) is 16.8. The molecule has 9 atom stereocenters. The lowest BCUT2D eigenvalue weighted by atomic mass is 9.44. The molecule has 2 heterocycles. The maximum absolute atomic E-state index is 13.3. The molecule has 4 saturated carbocycles. The second-order valence-electron chi connectivity index (χ2n) is 14.7. The van der Waals surface area contributed by atoms with Crippen LogP contribution in [0.1, 0.15) is 91.4 Å². The van der Waals surface area contributed by atoms with E-state index >= 15 is 0 Å². The van der Waals surface area contributed by atoms with Crippen molar-refractivity contribution < 1.29 is 14.0 Å². The van der Waals surface area contributed by atoms with Gasteiger partial charge in [0, 0.05) is 25.6 Å². The highest BCUT2D eigenvalue weighted by Gasteiger charge is 2.66. The van der Waals surface area contributed by atoms with E-state index in [2.05, 4.69) is 25.8 Å². The van der Waals surface area contributed by atoms with Gasteiger partial charge in [0.2, 0.25) is 0 Å². The number of quaternary nitrogens is 1. The average molecular weight is 486 g/mol. The summed E-state index contributed by atoms with van der Waals surface area (Å²) in [5.74, 6) is 4.21. The molecule has 0 aromatic heterocycles. The second-order valence-corrected chi connectivity index (χ2v) is 14.7. The highest BCUT2D eigenvalue weighted by atomic mass is 16.5. The summed E-state index contributed by atoms with van der Waals surface area (Å²) in [6, 6.07) is 1.34. The highest BCUT2D eigenvalue weighted by Crippen LogP contribution is 2.68. The number of piperidine rings is 1. The Hall–Kier alpha value is -0.450. The number of fused-ring (bicyclic) bond motifs is 5. The van der Waals surface area contributed by atoms with E-state index in [4.69, 9.17) is 4.74 Å². The van der Waals surface area contributed by atoms with Crippen LogP contribution in [0, 0.1) is 40.4 Å². The lowest BCUT2D eigenvalue weighted by Gasteiger charge is -2.61. The molecule has 0 spiro atoms. The number of likely N-dealkylation sites (tertiary alicyclic amines) is 1. The molecule has 0 aromatic rings. The maximum atomic E-state index is 13.3. The van der Waals surface area contributed by atoms with Crippen LogP contribution in [-0.4, -0.2) is 73.7 Å². The molecule has 6 aliphatic rings. The Morgan fingerprint density at radius 2 is 1.63 bits per heavy atom. The molecule has 0 bridgehead atoms. The minimum Gasteiger partial charge on any atom is -0.379 e. The zero-order valence-electron chi connectivity index (χ0n) is 23.3. The predicted octanol–water partition coefficient (Wildman–Crippen LogP) is 5.54. The molecule has 0 amide bonds. The number of rotatable bonds is 3. The molecule has 4 heteroatoms. The third-order valence-electron chi connectivity index (χ3n) is 13.3. The number of morpholine rings is 1. The van der Waals surface area contributed by atoms with Crippen molar-refractivity contribution in [2.45, 2.75) is 103 Å². The topological polar surface area (TPSA) is 29.5 Å². The third kappa shape index (κ3) is 3.90. The summed E-state index contributed by atoms with van der Waals surface area (Å²) in [6.07, 6.45) is 15.2. The van der Waals surface area contributed by atoms with Crippen LogP contribution in [0.25, 0.3) is 0 Å². The Kier molecular flexibility index (Phi) is 6.45. The van der Waals surface area contributed by atoms with Crippen molar-refractivity contribution in [3.63, 3.8) is 0 Å². The summed E-state index contributed by atoms with van der Waals surface area (Å²) in [5.41, 5.74) is 0.733. The van der Waals surface area contributed by atoms with Crippen molar-refractivity contribution in [2.24, 2.45) is 40.4 Å². The molecule has 198 valence electrons. The highest BCUT2D eigenvalue weighted by molar-refractivity contribution is 5.80.